The Kier molecular flexibility index (Phi) is 6.91. The van der Waals surface area contributed by atoms with E-state index in [1.165, 1.54) is 12.1 Å². The summed E-state index contributed by atoms with van der Waals surface area (Å²) in [5.74, 6) is 0.573. The summed E-state index contributed by atoms with van der Waals surface area (Å²) in [5.41, 5.74) is 1.56. The zero-order valence-corrected chi connectivity index (χ0v) is 19.2. The number of benzene rings is 3. The first-order chi connectivity index (χ1) is 16.8. The van der Waals surface area contributed by atoms with Crippen LogP contribution in [0.3, 0.4) is 0 Å². The Hall–Kier alpha value is -4.07. The lowest BCUT2D eigenvalue weighted by atomic mass is 10.1. The molecule has 0 saturated heterocycles. The Labute approximate surface area is 201 Å². The van der Waals surface area contributed by atoms with Crippen LogP contribution in [0.2, 0.25) is 0 Å². The number of halogens is 3. The van der Waals surface area contributed by atoms with E-state index in [0.717, 1.165) is 22.7 Å². The van der Waals surface area contributed by atoms with Crippen molar-refractivity contribution in [1.82, 2.24) is 0 Å². The van der Waals surface area contributed by atoms with Crippen LogP contribution in [0.15, 0.2) is 83.5 Å². The monoisotopic (exact) mass is 480 g/mol. The van der Waals surface area contributed by atoms with Crippen LogP contribution in [0.1, 0.15) is 30.5 Å². The summed E-state index contributed by atoms with van der Waals surface area (Å²) in [5, 5.41) is 5.17. The average Bonchev–Trinajstić information content (AvgIpc) is 3.12. The highest BCUT2D eigenvalue weighted by Gasteiger charge is 2.33. The van der Waals surface area contributed by atoms with Gasteiger partial charge in [-0.2, -0.15) is 23.3 Å². The van der Waals surface area contributed by atoms with Gasteiger partial charge in [0.2, 0.25) is 0 Å². The van der Waals surface area contributed by atoms with Crippen LogP contribution in [0.4, 0.5) is 18.9 Å². The fourth-order valence-electron chi connectivity index (χ4n) is 3.58. The highest BCUT2D eigenvalue weighted by Crippen LogP contribution is 2.34. The SMILES string of the molecule is CCOc1cc(C=C2C(=O)N(c3cccc(C(F)(F)F)c3)N=C2C)ccc1OCc1ccccc1. The van der Waals surface area contributed by atoms with Crippen LogP contribution >= 0.6 is 0 Å². The van der Waals surface area contributed by atoms with E-state index in [-0.39, 0.29) is 11.3 Å². The molecule has 3 aromatic rings. The molecular formula is C27H23F3N2O3. The van der Waals surface area contributed by atoms with Gasteiger partial charge >= 0.3 is 6.18 Å². The quantitative estimate of drug-likeness (QED) is 0.363. The largest absolute Gasteiger partial charge is 0.490 e. The first kappa shape index (κ1) is 24.1. The highest BCUT2D eigenvalue weighted by atomic mass is 19.4. The second kappa shape index (κ2) is 10.0. The van der Waals surface area contributed by atoms with Crippen LogP contribution in [-0.2, 0) is 17.6 Å². The molecule has 0 aromatic heterocycles. The number of amides is 1. The minimum atomic E-state index is -4.52. The summed E-state index contributed by atoms with van der Waals surface area (Å²) in [6, 6.07) is 19.5. The van der Waals surface area contributed by atoms with Gasteiger partial charge in [-0.3, -0.25) is 4.79 Å². The summed E-state index contributed by atoms with van der Waals surface area (Å²) in [7, 11) is 0. The maximum atomic E-state index is 13.1. The smallest absolute Gasteiger partial charge is 0.416 e. The average molecular weight is 480 g/mol. The molecule has 0 aliphatic carbocycles. The van der Waals surface area contributed by atoms with Gasteiger partial charge in [0.05, 0.1) is 29.1 Å². The fraction of sp³-hybridized carbons (Fsp3) is 0.185. The first-order valence-electron chi connectivity index (χ1n) is 11.0. The minimum Gasteiger partial charge on any atom is -0.490 e. The number of hydrazone groups is 1. The van der Waals surface area contributed by atoms with Crippen molar-refractivity contribution < 1.29 is 27.4 Å². The van der Waals surface area contributed by atoms with Gasteiger partial charge in [-0.1, -0.05) is 42.5 Å². The van der Waals surface area contributed by atoms with E-state index in [4.69, 9.17) is 9.47 Å². The van der Waals surface area contributed by atoms with Crippen molar-refractivity contribution in [2.24, 2.45) is 5.10 Å². The highest BCUT2D eigenvalue weighted by molar-refractivity contribution is 6.32. The molecule has 0 atom stereocenters. The van der Waals surface area contributed by atoms with Crippen molar-refractivity contribution in [3.63, 3.8) is 0 Å². The summed E-state index contributed by atoms with van der Waals surface area (Å²) in [6.07, 6.45) is -2.88. The lowest BCUT2D eigenvalue weighted by Crippen LogP contribution is -2.21. The van der Waals surface area contributed by atoms with Crippen LogP contribution in [-0.4, -0.2) is 18.2 Å². The third kappa shape index (κ3) is 5.54. The van der Waals surface area contributed by atoms with Crippen molar-refractivity contribution in [1.29, 1.82) is 0 Å². The molecule has 0 bridgehead atoms. The van der Waals surface area contributed by atoms with Gasteiger partial charge in [0.1, 0.15) is 6.61 Å². The van der Waals surface area contributed by atoms with Gasteiger partial charge in [0.25, 0.3) is 5.91 Å². The van der Waals surface area contributed by atoms with Gasteiger partial charge in [-0.05, 0) is 61.4 Å². The van der Waals surface area contributed by atoms with Crippen LogP contribution in [0, 0.1) is 0 Å². The third-order valence-corrected chi connectivity index (χ3v) is 5.30. The van der Waals surface area contributed by atoms with Gasteiger partial charge in [0, 0.05) is 0 Å². The maximum Gasteiger partial charge on any atom is 0.416 e. The molecule has 1 aliphatic rings. The Bertz CT molecular complexity index is 1280. The number of nitrogens with zero attached hydrogens (tertiary/aromatic N) is 2. The van der Waals surface area contributed by atoms with E-state index in [0.29, 0.717) is 36.0 Å². The summed E-state index contributed by atoms with van der Waals surface area (Å²) < 4.78 is 51.0. The normalized spacial score (nSPS) is 14.9. The molecule has 1 amide bonds. The lowest BCUT2D eigenvalue weighted by molar-refractivity contribution is -0.137. The first-order valence-corrected chi connectivity index (χ1v) is 11.0. The molecule has 8 heteroatoms. The number of alkyl halides is 3. The predicted molar refractivity (Wildman–Crippen MR) is 128 cm³/mol. The molecule has 0 radical (unpaired) electrons. The number of carbonyl (C=O) groups is 1. The lowest BCUT2D eigenvalue weighted by Gasteiger charge is -2.14. The Balaban J connectivity index is 1.57. The fourth-order valence-corrected chi connectivity index (χ4v) is 3.58. The number of hydrogen-bond donors (Lipinski definition) is 0. The molecule has 1 heterocycles. The van der Waals surface area contributed by atoms with E-state index in [9.17, 15) is 18.0 Å². The molecule has 5 nitrogen and oxygen atoms in total. The number of carbonyl (C=O) groups excluding carboxylic acids is 1. The summed E-state index contributed by atoms with van der Waals surface area (Å²) in [4.78, 5) is 13.0. The van der Waals surface area contributed by atoms with Crippen molar-refractivity contribution >= 4 is 23.4 Å². The second-order valence-corrected chi connectivity index (χ2v) is 7.82. The minimum absolute atomic E-state index is 0.0484. The molecule has 0 saturated carbocycles. The predicted octanol–water partition coefficient (Wildman–Crippen LogP) is 6.49. The Morgan fingerprint density at radius 3 is 2.43 bits per heavy atom. The number of ether oxygens (including phenoxy) is 2. The zero-order valence-electron chi connectivity index (χ0n) is 19.2. The topological polar surface area (TPSA) is 51.1 Å². The molecule has 0 N–H and O–H groups in total. The third-order valence-electron chi connectivity index (χ3n) is 5.30. The molecule has 0 spiro atoms. The van der Waals surface area contributed by atoms with Crippen molar-refractivity contribution in [3.8, 4) is 11.5 Å². The van der Waals surface area contributed by atoms with Crippen LogP contribution < -0.4 is 14.5 Å². The summed E-state index contributed by atoms with van der Waals surface area (Å²) >= 11 is 0. The molecule has 0 fully saturated rings. The second-order valence-electron chi connectivity index (χ2n) is 7.82. The molecular weight excluding hydrogens is 457 g/mol. The molecule has 0 unspecified atom stereocenters. The number of rotatable bonds is 7. The van der Waals surface area contributed by atoms with E-state index < -0.39 is 17.6 Å². The van der Waals surface area contributed by atoms with E-state index >= 15 is 0 Å². The van der Waals surface area contributed by atoms with E-state index in [1.807, 2.05) is 37.3 Å². The molecule has 4 rings (SSSR count). The van der Waals surface area contributed by atoms with E-state index in [2.05, 4.69) is 5.10 Å². The van der Waals surface area contributed by atoms with Crippen LogP contribution in [0.25, 0.3) is 6.08 Å². The number of hydrogen-bond acceptors (Lipinski definition) is 4. The van der Waals surface area contributed by atoms with E-state index in [1.54, 1.807) is 31.2 Å². The Morgan fingerprint density at radius 2 is 1.71 bits per heavy atom. The van der Waals surface area contributed by atoms with Gasteiger partial charge in [-0.15, -0.1) is 0 Å². The Morgan fingerprint density at radius 1 is 0.943 bits per heavy atom. The van der Waals surface area contributed by atoms with Crippen molar-refractivity contribution in [3.05, 3.63) is 95.1 Å². The number of anilines is 1. The van der Waals surface area contributed by atoms with Gasteiger partial charge in [-0.25, -0.2) is 0 Å². The van der Waals surface area contributed by atoms with Crippen molar-refractivity contribution in [2.45, 2.75) is 26.6 Å². The van der Waals surface area contributed by atoms with Gasteiger partial charge < -0.3 is 9.47 Å². The molecule has 180 valence electrons. The van der Waals surface area contributed by atoms with Crippen molar-refractivity contribution in [2.75, 3.05) is 11.6 Å². The molecule has 3 aromatic carbocycles. The van der Waals surface area contributed by atoms with Crippen LogP contribution in [0.5, 0.6) is 11.5 Å². The standard InChI is InChI=1S/C27H23F3N2O3/c1-3-34-25-15-20(12-13-24(25)35-17-19-8-5-4-6-9-19)14-23-18(2)31-32(26(23)33)22-11-7-10-21(16-22)27(28,29)30/h4-16H,3,17H2,1-2H3. The molecule has 35 heavy (non-hydrogen) atoms. The van der Waals surface area contributed by atoms with Gasteiger partial charge in [0.15, 0.2) is 11.5 Å². The molecule has 1 aliphatic heterocycles. The summed E-state index contributed by atoms with van der Waals surface area (Å²) in [6.45, 7) is 4.29. The maximum absolute atomic E-state index is 13.1. The zero-order chi connectivity index (χ0) is 25.0.